The summed E-state index contributed by atoms with van der Waals surface area (Å²) in [6, 6.07) is 6.08. The van der Waals surface area contributed by atoms with Crippen LogP contribution in [0, 0.1) is 11.8 Å². The minimum absolute atomic E-state index is 0.0187. The summed E-state index contributed by atoms with van der Waals surface area (Å²) in [6.45, 7) is 4.61. The lowest BCUT2D eigenvalue weighted by Crippen LogP contribution is -2.17. The van der Waals surface area contributed by atoms with E-state index in [9.17, 15) is 18.3 Å². The Hall–Kier alpha value is -1.44. The lowest BCUT2D eigenvalue weighted by atomic mass is 9.80. The number of aliphatic carboxylic acids is 1. The zero-order valence-electron chi connectivity index (χ0n) is 14.6. The maximum atomic E-state index is 11.3. The van der Waals surface area contributed by atoms with E-state index in [2.05, 4.69) is 6.92 Å². The zero-order valence-corrected chi connectivity index (χ0v) is 15.4. The number of carbonyl (C=O) groups is 1. The van der Waals surface area contributed by atoms with Crippen molar-refractivity contribution >= 4 is 16.1 Å². The van der Waals surface area contributed by atoms with Gasteiger partial charge in [0.05, 0.1) is 23.5 Å². The Morgan fingerprint density at radius 2 is 1.88 bits per heavy atom. The number of hydrogen-bond acceptors (Lipinski definition) is 4. The van der Waals surface area contributed by atoms with Crippen molar-refractivity contribution in [3.05, 3.63) is 29.8 Å². The first-order valence-electron chi connectivity index (χ1n) is 8.62. The predicted octanol–water partition coefficient (Wildman–Crippen LogP) is 3.33. The highest BCUT2D eigenvalue weighted by atomic mass is 32.2. The highest BCUT2D eigenvalue weighted by Crippen LogP contribution is 2.35. The first-order valence-corrected chi connectivity index (χ1v) is 10.1. The lowest BCUT2D eigenvalue weighted by Gasteiger charge is -2.24. The van der Waals surface area contributed by atoms with Crippen LogP contribution in [0.4, 0.5) is 0 Å². The molecule has 1 saturated heterocycles. The predicted molar refractivity (Wildman–Crippen MR) is 93.2 cm³/mol. The first-order chi connectivity index (χ1) is 11.7. The van der Waals surface area contributed by atoms with Gasteiger partial charge in [-0.1, -0.05) is 32.4 Å². The number of ether oxygens (including phenoxy) is 1. The van der Waals surface area contributed by atoms with E-state index < -0.39 is 22.0 Å². The molecule has 1 heterocycles. The second-order valence-corrected chi connectivity index (χ2v) is 8.34. The SMILES string of the molecule is CCC(CC1CO1)CC(CC(C)C(=O)O)c1ccc(S(=O)(=O)O)cc1. The van der Waals surface area contributed by atoms with Crippen LogP contribution in [-0.4, -0.2) is 36.8 Å². The number of hydrogen-bond donors (Lipinski definition) is 2. The third-order valence-corrected chi connectivity index (χ3v) is 5.77. The maximum Gasteiger partial charge on any atom is 0.306 e. The topological polar surface area (TPSA) is 104 Å². The van der Waals surface area contributed by atoms with Crippen molar-refractivity contribution in [3.63, 3.8) is 0 Å². The van der Waals surface area contributed by atoms with E-state index in [-0.39, 0.29) is 10.8 Å². The van der Waals surface area contributed by atoms with Crippen molar-refractivity contribution in [2.24, 2.45) is 11.8 Å². The third-order valence-electron chi connectivity index (χ3n) is 4.90. The fraction of sp³-hybridized carbons (Fsp3) is 0.611. The van der Waals surface area contributed by atoms with Gasteiger partial charge in [0.25, 0.3) is 10.1 Å². The van der Waals surface area contributed by atoms with Gasteiger partial charge in [-0.25, -0.2) is 0 Å². The molecule has 0 bridgehead atoms. The second kappa shape index (κ2) is 8.29. The van der Waals surface area contributed by atoms with Crippen molar-refractivity contribution in [2.45, 2.75) is 56.4 Å². The Morgan fingerprint density at radius 3 is 2.32 bits per heavy atom. The Kier molecular flexibility index (Phi) is 6.59. The summed E-state index contributed by atoms with van der Waals surface area (Å²) in [5.74, 6) is -0.871. The molecule has 0 aliphatic carbocycles. The van der Waals surface area contributed by atoms with Crippen LogP contribution in [0.15, 0.2) is 29.2 Å². The summed E-state index contributed by atoms with van der Waals surface area (Å²) in [4.78, 5) is 11.1. The summed E-state index contributed by atoms with van der Waals surface area (Å²) in [7, 11) is -4.23. The van der Waals surface area contributed by atoms with Gasteiger partial charge in [-0.3, -0.25) is 9.35 Å². The van der Waals surface area contributed by atoms with Gasteiger partial charge in [0.2, 0.25) is 0 Å². The van der Waals surface area contributed by atoms with E-state index in [1.807, 2.05) is 0 Å². The lowest BCUT2D eigenvalue weighted by molar-refractivity contribution is -0.141. The van der Waals surface area contributed by atoms with Gasteiger partial charge < -0.3 is 9.84 Å². The van der Waals surface area contributed by atoms with Crippen LogP contribution in [0.1, 0.15) is 51.0 Å². The fourth-order valence-corrected chi connectivity index (χ4v) is 3.70. The van der Waals surface area contributed by atoms with E-state index in [0.29, 0.717) is 18.4 Å². The Morgan fingerprint density at radius 1 is 1.28 bits per heavy atom. The quantitative estimate of drug-likeness (QED) is 0.483. The molecule has 6 nitrogen and oxygen atoms in total. The van der Waals surface area contributed by atoms with Gasteiger partial charge in [0.1, 0.15) is 0 Å². The smallest absolute Gasteiger partial charge is 0.306 e. The fourth-order valence-electron chi connectivity index (χ4n) is 3.22. The first kappa shape index (κ1) is 19.9. The zero-order chi connectivity index (χ0) is 18.6. The minimum Gasteiger partial charge on any atom is -0.481 e. The average molecular weight is 370 g/mol. The van der Waals surface area contributed by atoms with Crippen molar-refractivity contribution in [3.8, 4) is 0 Å². The van der Waals surface area contributed by atoms with E-state index in [1.165, 1.54) is 12.1 Å². The van der Waals surface area contributed by atoms with Crippen LogP contribution in [-0.2, 0) is 19.6 Å². The Balaban J connectivity index is 2.18. The Labute approximate surface area is 149 Å². The molecular weight excluding hydrogens is 344 g/mol. The molecule has 7 heteroatoms. The van der Waals surface area contributed by atoms with Gasteiger partial charge >= 0.3 is 5.97 Å². The van der Waals surface area contributed by atoms with E-state index >= 15 is 0 Å². The van der Waals surface area contributed by atoms with Gasteiger partial charge in [-0.2, -0.15) is 8.42 Å². The van der Waals surface area contributed by atoms with Crippen molar-refractivity contribution < 1.29 is 27.6 Å². The van der Waals surface area contributed by atoms with Crippen LogP contribution in [0.5, 0.6) is 0 Å². The normalized spacial score (nSPS) is 20.7. The van der Waals surface area contributed by atoms with Gasteiger partial charge in [0, 0.05) is 0 Å². The molecule has 4 unspecified atom stereocenters. The third kappa shape index (κ3) is 6.09. The molecule has 25 heavy (non-hydrogen) atoms. The highest BCUT2D eigenvalue weighted by molar-refractivity contribution is 7.85. The molecular formula is C18H26O6S. The monoisotopic (exact) mass is 370 g/mol. The largest absolute Gasteiger partial charge is 0.481 e. The number of epoxide rings is 1. The van der Waals surface area contributed by atoms with Crippen LogP contribution in [0.3, 0.4) is 0 Å². The van der Waals surface area contributed by atoms with Crippen molar-refractivity contribution in [1.29, 1.82) is 0 Å². The second-order valence-electron chi connectivity index (χ2n) is 6.92. The van der Waals surface area contributed by atoms with Crippen molar-refractivity contribution in [1.82, 2.24) is 0 Å². The molecule has 0 aromatic heterocycles. The van der Waals surface area contributed by atoms with E-state index in [1.54, 1.807) is 19.1 Å². The van der Waals surface area contributed by atoms with Gasteiger partial charge in [-0.05, 0) is 48.8 Å². The molecule has 0 saturated carbocycles. The molecule has 1 fully saturated rings. The van der Waals surface area contributed by atoms with Crippen molar-refractivity contribution in [2.75, 3.05) is 6.61 Å². The molecule has 140 valence electrons. The molecule has 1 aliphatic heterocycles. The van der Waals surface area contributed by atoms with Crippen LogP contribution in [0.25, 0.3) is 0 Å². The number of rotatable bonds is 10. The highest BCUT2D eigenvalue weighted by Gasteiger charge is 2.29. The van der Waals surface area contributed by atoms with Crippen LogP contribution in [0.2, 0.25) is 0 Å². The molecule has 0 spiro atoms. The standard InChI is InChI=1S/C18H26O6S/c1-3-13(10-16-11-24-16)9-15(8-12(2)18(19)20)14-4-6-17(7-5-14)25(21,22)23/h4-7,12-13,15-16H,3,8-11H2,1-2H3,(H,19,20)(H,21,22,23). The summed E-state index contributed by atoms with van der Waals surface area (Å²) in [5.41, 5.74) is 0.899. The van der Waals surface area contributed by atoms with E-state index in [0.717, 1.165) is 31.4 Å². The van der Waals surface area contributed by atoms with Crippen LogP contribution < -0.4 is 0 Å². The molecule has 1 aliphatic rings. The van der Waals surface area contributed by atoms with Gasteiger partial charge in [0.15, 0.2) is 0 Å². The molecule has 2 rings (SSSR count). The van der Waals surface area contributed by atoms with E-state index in [4.69, 9.17) is 9.29 Å². The molecule has 0 amide bonds. The summed E-state index contributed by atoms with van der Waals surface area (Å²) >= 11 is 0. The average Bonchev–Trinajstić information content (AvgIpc) is 3.36. The van der Waals surface area contributed by atoms with Gasteiger partial charge in [-0.15, -0.1) is 0 Å². The molecule has 2 N–H and O–H groups in total. The summed E-state index contributed by atoms with van der Waals surface area (Å²) in [6.07, 6.45) is 3.60. The molecule has 1 aromatic carbocycles. The number of carboxylic acids is 1. The maximum absolute atomic E-state index is 11.3. The van der Waals surface area contributed by atoms with Crippen LogP contribution >= 0.6 is 0 Å². The molecule has 1 aromatic rings. The minimum atomic E-state index is -4.23. The Bertz CT molecular complexity index is 678. The molecule has 4 atom stereocenters. The molecule has 0 radical (unpaired) electrons. The number of carboxylic acid groups (broad SMARTS) is 1. The summed E-state index contributed by atoms with van der Waals surface area (Å²) in [5, 5.41) is 9.24. The summed E-state index contributed by atoms with van der Waals surface area (Å²) < 4.78 is 36.8. The number of benzene rings is 1.